The van der Waals surface area contributed by atoms with Crippen molar-refractivity contribution in [1.29, 1.82) is 5.26 Å². The molecule has 1 aromatic carbocycles. The molecule has 1 heterocycles. The lowest BCUT2D eigenvalue weighted by atomic mass is 9.95. The van der Waals surface area contributed by atoms with Crippen LogP contribution in [-0.2, 0) is 14.3 Å². The molecule has 5 nitrogen and oxygen atoms in total. The highest BCUT2D eigenvalue weighted by Crippen LogP contribution is 2.25. The first kappa shape index (κ1) is 17.4. The third-order valence-corrected chi connectivity index (χ3v) is 3.70. The Morgan fingerprint density at radius 2 is 1.92 bits per heavy atom. The second-order valence-corrected chi connectivity index (χ2v) is 5.22. The molecule has 0 radical (unpaired) electrons. The largest absolute Gasteiger partial charge is 0.383 e. The minimum absolute atomic E-state index is 0.00920. The fourth-order valence-corrected chi connectivity index (χ4v) is 2.36. The van der Waals surface area contributed by atoms with Crippen LogP contribution < -0.4 is 0 Å². The number of nitrogens with zero attached hydrogens (tertiary/aromatic N) is 2. The summed E-state index contributed by atoms with van der Waals surface area (Å²) in [6, 6.07) is 11.5. The second kappa shape index (κ2) is 8.04. The predicted molar refractivity (Wildman–Crippen MR) is 90.5 cm³/mol. The summed E-state index contributed by atoms with van der Waals surface area (Å²) in [6.07, 6.45) is 5.23. The smallest absolute Gasteiger partial charge is 0.271 e. The summed E-state index contributed by atoms with van der Waals surface area (Å²) >= 11 is 0. The van der Waals surface area contributed by atoms with E-state index in [1.165, 1.54) is 7.11 Å². The zero-order chi connectivity index (χ0) is 17.5. The lowest BCUT2D eigenvalue weighted by Gasteiger charge is -2.26. The third kappa shape index (κ3) is 3.67. The Hall–Kier alpha value is -2.97. The van der Waals surface area contributed by atoms with Crippen molar-refractivity contribution >= 4 is 17.9 Å². The Morgan fingerprint density at radius 3 is 2.54 bits per heavy atom. The van der Waals surface area contributed by atoms with Gasteiger partial charge in [0.05, 0.1) is 13.2 Å². The number of ether oxygens (including phenoxy) is 1. The number of rotatable bonds is 5. The number of imide groups is 1. The molecule has 0 atom stereocenters. The number of benzene rings is 1. The Balaban J connectivity index is 2.35. The monoisotopic (exact) mass is 322 g/mol. The van der Waals surface area contributed by atoms with E-state index in [4.69, 9.17) is 4.74 Å². The van der Waals surface area contributed by atoms with Gasteiger partial charge in [0.1, 0.15) is 11.6 Å². The zero-order valence-corrected chi connectivity index (χ0v) is 13.7. The molecule has 0 N–H and O–H groups in total. The van der Waals surface area contributed by atoms with Crippen LogP contribution in [0.25, 0.3) is 6.08 Å². The van der Waals surface area contributed by atoms with Crippen LogP contribution in [0.5, 0.6) is 0 Å². The summed E-state index contributed by atoms with van der Waals surface area (Å²) in [5, 5.41) is 9.24. The Kier molecular flexibility index (Phi) is 5.83. The van der Waals surface area contributed by atoms with Crippen LogP contribution in [0.2, 0.25) is 0 Å². The number of amides is 2. The average Bonchev–Trinajstić information content (AvgIpc) is 2.59. The minimum atomic E-state index is -0.568. The molecule has 0 bridgehead atoms. The fraction of sp³-hybridized carbons (Fsp3) is 0.211. The van der Waals surface area contributed by atoms with E-state index in [-0.39, 0.29) is 18.7 Å². The van der Waals surface area contributed by atoms with Crippen molar-refractivity contribution in [1.82, 2.24) is 4.90 Å². The summed E-state index contributed by atoms with van der Waals surface area (Å²) in [7, 11) is 1.49. The molecule has 0 aliphatic carbocycles. The van der Waals surface area contributed by atoms with Gasteiger partial charge in [0, 0.05) is 12.7 Å². The number of carbonyl (C=O) groups excluding carboxylic acids is 2. The molecule has 0 saturated carbocycles. The molecule has 5 heteroatoms. The van der Waals surface area contributed by atoms with E-state index in [0.29, 0.717) is 11.1 Å². The Labute approximate surface area is 141 Å². The van der Waals surface area contributed by atoms with Crippen LogP contribution in [0.15, 0.2) is 59.2 Å². The van der Waals surface area contributed by atoms with Crippen molar-refractivity contribution in [3.63, 3.8) is 0 Å². The molecule has 1 aliphatic rings. The van der Waals surface area contributed by atoms with E-state index in [2.05, 4.69) is 0 Å². The van der Waals surface area contributed by atoms with Crippen LogP contribution >= 0.6 is 0 Å². The number of allylic oxidation sites excluding steroid dienone is 2. The van der Waals surface area contributed by atoms with Crippen LogP contribution in [0.1, 0.15) is 12.5 Å². The predicted octanol–water partition coefficient (Wildman–Crippen LogP) is 2.48. The van der Waals surface area contributed by atoms with Gasteiger partial charge < -0.3 is 4.74 Å². The van der Waals surface area contributed by atoms with Crippen molar-refractivity contribution < 1.29 is 14.3 Å². The van der Waals surface area contributed by atoms with Crippen LogP contribution in [0.3, 0.4) is 0 Å². The maximum Gasteiger partial charge on any atom is 0.271 e. The van der Waals surface area contributed by atoms with E-state index >= 15 is 0 Å². The Morgan fingerprint density at radius 1 is 1.21 bits per heavy atom. The quantitative estimate of drug-likeness (QED) is 0.617. The molecule has 122 valence electrons. The van der Waals surface area contributed by atoms with Crippen molar-refractivity contribution in [2.24, 2.45) is 0 Å². The van der Waals surface area contributed by atoms with Crippen molar-refractivity contribution in [2.75, 3.05) is 20.3 Å². The second-order valence-electron chi connectivity index (χ2n) is 5.22. The summed E-state index contributed by atoms with van der Waals surface area (Å²) < 4.78 is 4.93. The van der Waals surface area contributed by atoms with Gasteiger partial charge >= 0.3 is 0 Å². The van der Waals surface area contributed by atoms with Crippen molar-refractivity contribution in [2.45, 2.75) is 6.92 Å². The van der Waals surface area contributed by atoms with E-state index < -0.39 is 11.8 Å². The molecule has 24 heavy (non-hydrogen) atoms. The first-order valence-corrected chi connectivity index (χ1v) is 7.50. The normalized spacial score (nSPS) is 17.0. The van der Waals surface area contributed by atoms with Gasteiger partial charge in [-0.1, -0.05) is 42.5 Å². The lowest BCUT2D eigenvalue weighted by Crippen LogP contribution is -2.44. The molecule has 0 fully saturated rings. The highest BCUT2D eigenvalue weighted by Gasteiger charge is 2.34. The number of carbonyl (C=O) groups is 2. The summed E-state index contributed by atoms with van der Waals surface area (Å²) in [6.45, 7) is 1.96. The maximum absolute atomic E-state index is 12.6. The molecule has 2 amide bonds. The third-order valence-electron chi connectivity index (χ3n) is 3.70. The molecular formula is C19H18N2O3. The Bertz CT molecular complexity index is 768. The van der Waals surface area contributed by atoms with Gasteiger partial charge in [0.25, 0.3) is 11.8 Å². The molecule has 0 aromatic heterocycles. The van der Waals surface area contributed by atoms with Gasteiger partial charge in [0.2, 0.25) is 0 Å². The highest BCUT2D eigenvalue weighted by atomic mass is 16.5. The van der Waals surface area contributed by atoms with Crippen molar-refractivity contribution in [3.8, 4) is 6.07 Å². The van der Waals surface area contributed by atoms with Gasteiger partial charge in [-0.05, 0) is 24.1 Å². The number of methoxy groups -OCH3 is 1. The lowest BCUT2D eigenvalue weighted by molar-refractivity contribution is -0.141. The fourth-order valence-electron chi connectivity index (χ4n) is 2.36. The maximum atomic E-state index is 12.6. The molecule has 0 spiro atoms. The standard InChI is InChI=1S/C19H18N2O3/c1-14-16(10-6-9-15-7-4-3-5-8-15)18(22)21(11-12-24-2)19(23)17(14)13-20/h3-10H,11-12H2,1-2H3/b9-6+,16-10-. The van der Waals surface area contributed by atoms with Crippen molar-refractivity contribution in [3.05, 3.63) is 64.8 Å². The van der Waals surface area contributed by atoms with Gasteiger partial charge in [0.15, 0.2) is 0 Å². The van der Waals surface area contributed by atoms with Gasteiger partial charge in [-0.15, -0.1) is 0 Å². The van der Waals surface area contributed by atoms with Crippen LogP contribution in [0, 0.1) is 11.3 Å². The van der Waals surface area contributed by atoms with Gasteiger partial charge in [-0.3, -0.25) is 14.5 Å². The topological polar surface area (TPSA) is 70.4 Å². The summed E-state index contributed by atoms with van der Waals surface area (Å²) in [4.78, 5) is 25.9. The van der Waals surface area contributed by atoms with Crippen LogP contribution in [-0.4, -0.2) is 37.0 Å². The molecule has 2 rings (SSSR count). The van der Waals surface area contributed by atoms with E-state index in [0.717, 1.165) is 10.5 Å². The SMILES string of the molecule is COCCN1C(=O)C(C#N)=C(C)/C(=C/C=C/c2ccccc2)C1=O. The minimum Gasteiger partial charge on any atom is -0.383 e. The highest BCUT2D eigenvalue weighted by molar-refractivity contribution is 6.18. The first-order chi connectivity index (χ1) is 11.6. The average molecular weight is 322 g/mol. The summed E-state index contributed by atoms with van der Waals surface area (Å²) in [5.41, 5.74) is 1.73. The van der Waals surface area contributed by atoms with Crippen LogP contribution in [0.4, 0.5) is 0 Å². The van der Waals surface area contributed by atoms with Gasteiger partial charge in [-0.2, -0.15) is 5.26 Å². The molecule has 1 aliphatic heterocycles. The summed E-state index contributed by atoms with van der Waals surface area (Å²) in [5.74, 6) is -0.979. The zero-order valence-electron chi connectivity index (χ0n) is 13.7. The first-order valence-electron chi connectivity index (χ1n) is 7.50. The molecular weight excluding hydrogens is 304 g/mol. The molecule has 1 aromatic rings. The van der Waals surface area contributed by atoms with Gasteiger partial charge in [-0.25, -0.2) is 0 Å². The van der Waals surface area contributed by atoms with E-state index in [1.54, 1.807) is 19.1 Å². The van der Waals surface area contributed by atoms with E-state index in [9.17, 15) is 14.9 Å². The molecule has 0 unspecified atom stereocenters. The molecule has 0 saturated heterocycles. The number of nitriles is 1. The van der Waals surface area contributed by atoms with E-state index in [1.807, 2.05) is 42.5 Å². The number of hydrogen-bond donors (Lipinski definition) is 0. The number of hydrogen-bond acceptors (Lipinski definition) is 4.